The summed E-state index contributed by atoms with van der Waals surface area (Å²) >= 11 is 0. The Kier molecular flexibility index (Phi) is 9.98. The second kappa shape index (κ2) is 13.0. The molecule has 0 bridgehead atoms. The topological polar surface area (TPSA) is 43.7 Å². The Hall–Kier alpha value is -1.48. The van der Waals surface area contributed by atoms with Crippen LogP contribution in [0, 0.1) is 23.2 Å². The molecule has 2 saturated carbocycles. The number of likely N-dealkylation sites (tertiary alicyclic amines) is 1. The van der Waals surface area contributed by atoms with Crippen molar-refractivity contribution in [1.29, 1.82) is 0 Å². The lowest BCUT2D eigenvalue weighted by molar-refractivity contribution is -0.284. The van der Waals surface area contributed by atoms with Crippen molar-refractivity contribution in [3.8, 4) is 5.75 Å². The number of fused-ring (bicyclic) bond motifs is 5. The fourth-order valence-electron chi connectivity index (χ4n) is 9.74. The van der Waals surface area contributed by atoms with Crippen LogP contribution >= 0.6 is 0 Å². The monoisotopic (exact) mass is 631 g/mol. The molecule has 8 atom stereocenters. The van der Waals surface area contributed by atoms with Crippen molar-refractivity contribution in [3.63, 3.8) is 0 Å². The number of hydrogen-bond acceptors (Lipinski definition) is 3. The lowest BCUT2D eigenvalue weighted by Gasteiger charge is -2.56. The van der Waals surface area contributed by atoms with E-state index in [2.05, 4.69) is 11.8 Å². The molecule has 0 radical (unpaired) electrons. The Morgan fingerprint density at radius 2 is 1.68 bits per heavy atom. The number of rotatable bonds is 12. The lowest BCUT2D eigenvalue weighted by atomic mass is 9.50. The van der Waals surface area contributed by atoms with E-state index in [4.69, 9.17) is 0 Å². The van der Waals surface area contributed by atoms with Crippen molar-refractivity contribution in [2.45, 2.75) is 146 Å². The molecule has 1 heterocycles. The van der Waals surface area contributed by atoms with Crippen LogP contribution < -0.4 is 0 Å². The summed E-state index contributed by atoms with van der Waals surface area (Å²) in [5.41, 5.74) is 0.797. The normalized spacial score (nSPS) is 35.8. The quantitative estimate of drug-likeness (QED) is 0.179. The summed E-state index contributed by atoms with van der Waals surface area (Å²) in [6, 6.07) is 5.79. The molecule has 9 heteroatoms. The van der Waals surface area contributed by atoms with Gasteiger partial charge < -0.3 is 15.1 Å². The molecule has 1 aliphatic heterocycles. The summed E-state index contributed by atoms with van der Waals surface area (Å²) in [7, 11) is 0. The Bertz CT molecular complexity index is 1120. The molecule has 4 aliphatic rings. The van der Waals surface area contributed by atoms with Crippen molar-refractivity contribution in [1.82, 2.24) is 4.90 Å². The zero-order valence-electron chi connectivity index (χ0n) is 26.3. The first-order valence-electron chi connectivity index (χ1n) is 17.0. The van der Waals surface area contributed by atoms with Gasteiger partial charge in [0.15, 0.2) is 0 Å². The number of alkyl halides is 6. The van der Waals surface area contributed by atoms with Crippen LogP contribution in [0.2, 0.25) is 0 Å². The van der Waals surface area contributed by atoms with Gasteiger partial charge in [0.2, 0.25) is 0 Å². The number of phenolic OH excluding ortho intramolecular Hbond substituents is 1. The summed E-state index contributed by atoms with van der Waals surface area (Å²) in [4.78, 5) is 2.46. The van der Waals surface area contributed by atoms with Crippen LogP contribution in [0.15, 0.2) is 18.2 Å². The van der Waals surface area contributed by atoms with E-state index in [9.17, 15) is 32.2 Å². The summed E-state index contributed by atoms with van der Waals surface area (Å²) < 4.78 is 79.6. The zero-order valence-corrected chi connectivity index (χ0v) is 26.3. The van der Waals surface area contributed by atoms with Gasteiger partial charge in [0.25, 0.3) is 0 Å². The molecule has 5 rings (SSSR count). The minimum atomic E-state index is -5.47. The number of phenols is 1. The third-order valence-electron chi connectivity index (χ3n) is 12.4. The van der Waals surface area contributed by atoms with Gasteiger partial charge in [0.1, 0.15) is 11.9 Å². The van der Waals surface area contributed by atoms with Gasteiger partial charge in [0.05, 0.1) is 5.60 Å². The van der Waals surface area contributed by atoms with E-state index >= 15 is 4.39 Å². The molecule has 1 aromatic carbocycles. The standard InChI is InChI=1S/C35H51F6NO2/c1-32-22-29(36)31-27-14-13-26(43)21-24(27)20-23(30(31)28(32)15-17-33(32,2)44)10-5-4-8-18-42-19-9-12-25(42)11-6-3-7-16-34(37,38)35(39,40)41/h13-14,21,23,25,28-31,43-44H,3-12,15-20,22H2,1-2H3/t23?,25-,28?,29+,30+,31?,32+,33-/m1/s1. The number of benzene rings is 1. The highest BCUT2D eigenvalue weighted by Crippen LogP contribution is 2.66. The highest BCUT2D eigenvalue weighted by molar-refractivity contribution is 5.41. The molecule has 3 aliphatic carbocycles. The van der Waals surface area contributed by atoms with Gasteiger partial charge in [0, 0.05) is 23.8 Å². The molecular formula is C35H51F6NO2. The number of nitrogens with zero attached hydrogens (tertiary/aromatic N) is 1. The number of halogens is 6. The molecule has 1 saturated heterocycles. The number of hydrogen-bond donors (Lipinski definition) is 2. The Morgan fingerprint density at radius 3 is 2.43 bits per heavy atom. The Morgan fingerprint density at radius 1 is 0.955 bits per heavy atom. The molecule has 0 spiro atoms. The summed E-state index contributed by atoms with van der Waals surface area (Å²) in [6.45, 7) is 5.95. The third-order valence-corrected chi connectivity index (χ3v) is 12.4. The van der Waals surface area contributed by atoms with Gasteiger partial charge in [-0.05, 0) is 125 Å². The Balaban J connectivity index is 1.12. The van der Waals surface area contributed by atoms with Crippen LogP contribution in [-0.4, -0.2) is 58.1 Å². The van der Waals surface area contributed by atoms with Crippen LogP contribution in [0.4, 0.5) is 26.3 Å². The molecule has 3 unspecified atom stereocenters. The van der Waals surface area contributed by atoms with Crippen LogP contribution in [-0.2, 0) is 6.42 Å². The van der Waals surface area contributed by atoms with Crippen LogP contribution in [0.3, 0.4) is 0 Å². The van der Waals surface area contributed by atoms with E-state index in [-0.39, 0.29) is 29.9 Å². The van der Waals surface area contributed by atoms with Crippen molar-refractivity contribution in [2.24, 2.45) is 23.2 Å². The predicted octanol–water partition coefficient (Wildman–Crippen LogP) is 9.35. The second-order valence-corrected chi connectivity index (χ2v) is 15.0. The van der Waals surface area contributed by atoms with Crippen LogP contribution in [0.1, 0.15) is 121 Å². The van der Waals surface area contributed by atoms with Crippen molar-refractivity contribution >= 4 is 0 Å². The average molecular weight is 632 g/mol. The molecule has 44 heavy (non-hydrogen) atoms. The molecule has 0 amide bonds. The van der Waals surface area contributed by atoms with E-state index < -0.39 is 35.7 Å². The van der Waals surface area contributed by atoms with Gasteiger partial charge in [-0.25, -0.2) is 4.39 Å². The van der Waals surface area contributed by atoms with Gasteiger partial charge >= 0.3 is 12.1 Å². The summed E-state index contributed by atoms with van der Waals surface area (Å²) in [6.07, 6.45) is 3.21. The summed E-state index contributed by atoms with van der Waals surface area (Å²) in [5, 5.41) is 21.5. The molecule has 0 aromatic heterocycles. The van der Waals surface area contributed by atoms with Gasteiger partial charge in [-0.2, -0.15) is 22.0 Å². The largest absolute Gasteiger partial charge is 0.508 e. The SMILES string of the molecule is C[C@]12C[C@H](F)C3c4ccc(O)cc4CC(CCCCCN4CCC[C@H]4CCCCCC(F)(F)C(F)(F)F)[C@H]3C1CC[C@@]2(C)O. The van der Waals surface area contributed by atoms with Crippen molar-refractivity contribution in [3.05, 3.63) is 29.3 Å². The van der Waals surface area contributed by atoms with Crippen molar-refractivity contribution < 1.29 is 36.6 Å². The Labute approximate surface area is 258 Å². The minimum Gasteiger partial charge on any atom is -0.508 e. The van der Waals surface area contributed by atoms with Crippen LogP contribution in [0.5, 0.6) is 5.75 Å². The first-order valence-corrected chi connectivity index (χ1v) is 17.0. The maximum absolute atomic E-state index is 16.1. The smallest absolute Gasteiger partial charge is 0.453 e. The second-order valence-electron chi connectivity index (χ2n) is 15.0. The minimum absolute atomic E-state index is 0.118. The average Bonchev–Trinajstić information content (AvgIpc) is 3.47. The van der Waals surface area contributed by atoms with E-state index in [1.165, 1.54) is 0 Å². The van der Waals surface area contributed by atoms with Gasteiger partial charge in [-0.3, -0.25) is 0 Å². The third kappa shape index (κ3) is 6.65. The first kappa shape index (κ1) is 33.9. The van der Waals surface area contributed by atoms with Crippen molar-refractivity contribution in [2.75, 3.05) is 13.1 Å². The van der Waals surface area contributed by atoms with E-state index in [1.807, 2.05) is 19.1 Å². The molecule has 250 valence electrons. The molecule has 2 N–H and O–H groups in total. The predicted molar refractivity (Wildman–Crippen MR) is 160 cm³/mol. The zero-order chi connectivity index (χ0) is 31.9. The number of unbranched alkanes of at least 4 members (excludes halogenated alkanes) is 4. The molecule has 3 fully saturated rings. The van der Waals surface area contributed by atoms with E-state index in [0.717, 1.165) is 82.0 Å². The maximum Gasteiger partial charge on any atom is 0.453 e. The van der Waals surface area contributed by atoms with E-state index in [0.29, 0.717) is 37.6 Å². The summed E-state index contributed by atoms with van der Waals surface area (Å²) in [5.74, 6) is -3.83. The number of aromatic hydroxyl groups is 1. The molecular weight excluding hydrogens is 580 g/mol. The highest BCUT2D eigenvalue weighted by atomic mass is 19.4. The molecule has 1 aromatic rings. The van der Waals surface area contributed by atoms with Gasteiger partial charge in [-0.15, -0.1) is 0 Å². The fourth-order valence-corrected chi connectivity index (χ4v) is 9.74. The molecule has 3 nitrogen and oxygen atoms in total. The highest BCUT2D eigenvalue weighted by Gasteiger charge is 2.63. The first-order chi connectivity index (χ1) is 20.6. The lowest BCUT2D eigenvalue weighted by Crippen LogP contribution is -2.54. The fraction of sp³-hybridized carbons (Fsp3) is 0.829. The van der Waals surface area contributed by atoms with Gasteiger partial charge in [-0.1, -0.05) is 38.7 Å². The van der Waals surface area contributed by atoms with E-state index in [1.54, 1.807) is 6.07 Å². The van der Waals surface area contributed by atoms with Crippen LogP contribution in [0.25, 0.3) is 0 Å². The number of aliphatic hydroxyl groups is 1. The maximum atomic E-state index is 16.1.